The zero-order valence-electron chi connectivity index (χ0n) is 10.7. The zero-order valence-corrected chi connectivity index (χ0v) is 10.7. The van der Waals surface area contributed by atoms with Gasteiger partial charge in [0.15, 0.2) is 0 Å². The number of rotatable bonds is 1. The highest BCUT2D eigenvalue weighted by molar-refractivity contribution is 5.81. The van der Waals surface area contributed by atoms with Crippen molar-refractivity contribution in [2.75, 3.05) is 0 Å². The van der Waals surface area contributed by atoms with E-state index in [-0.39, 0.29) is 17.2 Å². The quantitative estimate of drug-likeness (QED) is 0.720. The zero-order chi connectivity index (χ0) is 13.4. The van der Waals surface area contributed by atoms with Crippen LogP contribution in [0.25, 0.3) is 11.1 Å². The lowest BCUT2D eigenvalue weighted by molar-refractivity contribution is 0.420. The van der Waals surface area contributed by atoms with E-state index in [9.17, 15) is 15.3 Å². The Kier molecular flexibility index (Phi) is 2.91. The maximum absolute atomic E-state index is 10.1. The number of benzene rings is 2. The van der Waals surface area contributed by atoms with E-state index >= 15 is 0 Å². The Balaban J connectivity index is 2.80. The van der Waals surface area contributed by atoms with Gasteiger partial charge in [-0.2, -0.15) is 0 Å². The Morgan fingerprint density at radius 2 is 1.33 bits per heavy atom. The Morgan fingerprint density at radius 1 is 0.778 bits per heavy atom. The van der Waals surface area contributed by atoms with E-state index < -0.39 is 0 Å². The van der Waals surface area contributed by atoms with Crippen LogP contribution in [0.1, 0.15) is 16.7 Å². The highest BCUT2D eigenvalue weighted by Crippen LogP contribution is 2.46. The van der Waals surface area contributed by atoms with Crippen LogP contribution >= 0.6 is 0 Å². The van der Waals surface area contributed by atoms with E-state index in [1.165, 1.54) is 0 Å². The maximum Gasteiger partial charge on any atom is 0.133 e. The molecule has 0 aliphatic carbocycles. The third-order valence-corrected chi connectivity index (χ3v) is 3.20. The summed E-state index contributed by atoms with van der Waals surface area (Å²) in [6, 6.07) is 7.50. The van der Waals surface area contributed by atoms with Crippen molar-refractivity contribution >= 4 is 0 Å². The van der Waals surface area contributed by atoms with E-state index in [1.807, 2.05) is 31.2 Å². The maximum atomic E-state index is 10.1. The van der Waals surface area contributed by atoms with Gasteiger partial charge in [0.05, 0.1) is 5.56 Å². The highest BCUT2D eigenvalue weighted by atomic mass is 16.3. The van der Waals surface area contributed by atoms with E-state index in [4.69, 9.17) is 0 Å². The molecule has 2 aromatic rings. The predicted molar refractivity (Wildman–Crippen MR) is 71.1 cm³/mol. The molecule has 0 aromatic heterocycles. The van der Waals surface area contributed by atoms with Gasteiger partial charge in [-0.05, 0) is 26.3 Å². The van der Waals surface area contributed by atoms with Crippen molar-refractivity contribution < 1.29 is 15.3 Å². The van der Waals surface area contributed by atoms with Gasteiger partial charge in [0.2, 0.25) is 0 Å². The van der Waals surface area contributed by atoms with Crippen molar-refractivity contribution in [3.05, 3.63) is 41.0 Å². The van der Waals surface area contributed by atoms with Crippen LogP contribution < -0.4 is 0 Å². The second-order valence-corrected chi connectivity index (χ2v) is 4.54. The molecule has 2 rings (SSSR count). The van der Waals surface area contributed by atoms with Gasteiger partial charge in [-0.25, -0.2) is 0 Å². The first-order valence-electron chi connectivity index (χ1n) is 5.74. The van der Waals surface area contributed by atoms with Crippen molar-refractivity contribution in [3.63, 3.8) is 0 Å². The van der Waals surface area contributed by atoms with Crippen LogP contribution in [0.4, 0.5) is 0 Å². The molecule has 2 aromatic carbocycles. The van der Waals surface area contributed by atoms with Gasteiger partial charge >= 0.3 is 0 Å². The Labute approximate surface area is 106 Å². The summed E-state index contributed by atoms with van der Waals surface area (Å²) in [4.78, 5) is 0. The van der Waals surface area contributed by atoms with Gasteiger partial charge in [-0.3, -0.25) is 0 Å². The van der Waals surface area contributed by atoms with Gasteiger partial charge in [0.25, 0.3) is 0 Å². The summed E-state index contributed by atoms with van der Waals surface area (Å²) in [7, 11) is 0. The van der Waals surface area contributed by atoms with Crippen LogP contribution in [-0.4, -0.2) is 15.3 Å². The number of aromatic hydroxyl groups is 3. The van der Waals surface area contributed by atoms with Gasteiger partial charge in [0.1, 0.15) is 17.2 Å². The molecule has 0 radical (unpaired) electrons. The van der Waals surface area contributed by atoms with Crippen LogP contribution in [0.2, 0.25) is 0 Å². The SMILES string of the molecule is Cc1cccc(-c2c(O)c(C)c(O)c(C)c2O)c1. The minimum atomic E-state index is -0.0822. The summed E-state index contributed by atoms with van der Waals surface area (Å²) >= 11 is 0. The fraction of sp³-hybridized carbons (Fsp3) is 0.200. The van der Waals surface area contributed by atoms with E-state index in [0.717, 1.165) is 11.1 Å². The molecule has 0 amide bonds. The second-order valence-electron chi connectivity index (χ2n) is 4.54. The van der Waals surface area contributed by atoms with Crippen molar-refractivity contribution in [2.24, 2.45) is 0 Å². The van der Waals surface area contributed by atoms with Crippen LogP contribution in [0, 0.1) is 20.8 Å². The van der Waals surface area contributed by atoms with E-state index in [0.29, 0.717) is 16.7 Å². The Hall–Kier alpha value is -2.16. The molecule has 0 aliphatic heterocycles. The molecule has 3 nitrogen and oxygen atoms in total. The largest absolute Gasteiger partial charge is 0.507 e. The minimum absolute atomic E-state index is 0.0681. The number of aryl methyl sites for hydroxylation is 1. The lowest BCUT2D eigenvalue weighted by Gasteiger charge is -2.15. The van der Waals surface area contributed by atoms with Gasteiger partial charge in [-0.15, -0.1) is 0 Å². The minimum Gasteiger partial charge on any atom is -0.507 e. The number of hydrogen-bond donors (Lipinski definition) is 3. The molecule has 0 saturated heterocycles. The van der Waals surface area contributed by atoms with Crippen molar-refractivity contribution in [3.8, 4) is 28.4 Å². The summed E-state index contributed by atoms with van der Waals surface area (Å²) < 4.78 is 0. The normalized spacial score (nSPS) is 10.6. The monoisotopic (exact) mass is 244 g/mol. The topological polar surface area (TPSA) is 60.7 Å². The van der Waals surface area contributed by atoms with Gasteiger partial charge in [-0.1, -0.05) is 29.8 Å². The molecule has 0 atom stereocenters. The molecule has 0 bridgehead atoms. The standard InChI is InChI=1S/C15H16O3/c1-8-5-4-6-11(7-8)12-14(17)9(2)13(16)10(3)15(12)18/h4-7,16-18H,1-3H3. The number of phenolic OH excluding ortho intramolecular Hbond substituents is 3. The average Bonchev–Trinajstić information content (AvgIpc) is 2.34. The number of phenols is 3. The fourth-order valence-electron chi connectivity index (χ4n) is 2.07. The molecular weight excluding hydrogens is 228 g/mol. The summed E-state index contributed by atoms with van der Waals surface area (Å²) in [6.07, 6.45) is 0. The molecule has 3 N–H and O–H groups in total. The van der Waals surface area contributed by atoms with Gasteiger partial charge < -0.3 is 15.3 Å². The summed E-state index contributed by atoms with van der Waals surface area (Å²) in [5.41, 5.74) is 2.89. The van der Waals surface area contributed by atoms with Crippen molar-refractivity contribution in [1.82, 2.24) is 0 Å². The summed E-state index contributed by atoms with van der Waals surface area (Å²) in [5.74, 6) is -0.233. The summed E-state index contributed by atoms with van der Waals surface area (Å²) in [6.45, 7) is 5.19. The van der Waals surface area contributed by atoms with Crippen LogP contribution in [0.15, 0.2) is 24.3 Å². The lowest BCUT2D eigenvalue weighted by Crippen LogP contribution is -1.89. The highest BCUT2D eigenvalue weighted by Gasteiger charge is 2.19. The fourth-order valence-corrected chi connectivity index (χ4v) is 2.07. The number of hydrogen-bond acceptors (Lipinski definition) is 3. The molecule has 94 valence electrons. The average molecular weight is 244 g/mol. The first kappa shape index (κ1) is 12.3. The third-order valence-electron chi connectivity index (χ3n) is 3.20. The molecular formula is C15H16O3. The van der Waals surface area contributed by atoms with Crippen molar-refractivity contribution in [2.45, 2.75) is 20.8 Å². The Bertz CT molecular complexity index is 586. The Morgan fingerprint density at radius 3 is 1.83 bits per heavy atom. The smallest absolute Gasteiger partial charge is 0.133 e. The van der Waals surface area contributed by atoms with Crippen LogP contribution in [-0.2, 0) is 0 Å². The first-order valence-corrected chi connectivity index (χ1v) is 5.74. The molecule has 3 heteroatoms. The van der Waals surface area contributed by atoms with E-state index in [1.54, 1.807) is 13.8 Å². The molecule has 0 unspecified atom stereocenters. The molecule has 18 heavy (non-hydrogen) atoms. The van der Waals surface area contributed by atoms with E-state index in [2.05, 4.69) is 0 Å². The molecule has 0 saturated carbocycles. The molecule has 0 aliphatic rings. The second kappa shape index (κ2) is 4.26. The van der Waals surface area contributed by atoms with Crippen LogP contribution in [0.3, 0.4) is 0 Å². The molecule has 0 fully saturated rings. The van der Waals surface area contributed by atoms with Gasteiger partial charge in [0, 0.05) is 11.1 Å². The first-order chi connectivity index (χ1) is 8.43. The predicted octanol–water partition coefficient (Wildman–Crippen LogP) is 3.40. The third kappa shape index (κ3) is 1.78. The molecule has 0 spiro atoms. The van der Waals surface area contributed by atoms with Crippen molar-refractivity contribution in [1.29, 1.82) is 0 Å². The lowest BCUT2D eigenvalue weighted by atomic mass is 9.95. The summed E-state index contributed by atoms with van der Waals surface area (Å²) in [5, 5.41) is 30.0. The molecule has 0 heterocycles. The van der Waals surface area contributed by atoms with Crippen LogP contribution in [0.5, 0.6) is 17.2 Å².